The zero-order valence-electron chi connectivity index (χ0n) is 20.9. The third-order valence-corrected chi connectivity index (χ3v) is 6.88. The molecule has 0 aliphatic heterocycles. The largest absolute Gasteiger partial charge is 0.495 e. The number of anilines is 1. The number of ether oxygens (including phenoxy) is 1. The molecule has 1 N–H and O–H groups in total. The van der Waals surface area contributed by atoms with Gasteiger partial charge in [0.25, 0.3) is 0 Å². The SMILES string of the molecule is CCCCNC(=O)[C@H](C)N(Cc1cccc(Cl)c1)C(=O)CN(c1cc(C)ccc1OC)S(C)(=O)=O. The first kappa shape index (κ1) is 28.5. The summed E-state index contributed by atoms with van der Waals surface area (Å²) in [5.41, 5.74) is 1.78. The molecule has 2 amide bonds. The zero-order valence-corrected chi connectivity index (χ0v) is 22.4. The van der Waals surface area contributed by atoms with Crippen LogP contribution in [0.1, 0.15) is 37.8 Å². The highest BCUT2D eigenvalue weighted by Gasteiger charge is 2.31. The molecule has 0 unspecified atom stereocenters. The number of nitrogens with one attached hydrogen (secondary N) is 1. The summed E-state index contributed by atoms with van der Waals surface area (Å²) in [5, 5.41) is 3.34. The maximum atomic E-state index is 13.6. The first-order valence-electron chi connectivity index (χ1n) is 11.4. The lowest BCUT2D eigenvalue weighted by molar-refractivity contribution is -0.139. The van der Waals surface area contributed by atoms with Crippen LogP contribution in [0.15, 0.2) is 42.5 Å². The van der Waals surface area contributed by atoms with E-state index in [0.29, 0.717) is 17.3 Å². The number of methoxy groups -OCH3 is 1. The Labute approximate surface area is 213 Å². The van der Waals surface area contributed by atoms with Gasteiger partial charge in [0, 0.05) is 18.1 Å². The number of halogens is 1. The summed E-state index contributed by atoms with van der Waals surface area (Å²) in [6.45, 7) is 5.55. The molecule has 0 radical (unpaired) electrons. The molecule has 0 heterocycles. The van der Waals surface area contributed by atoms with Crippen LogP contribution in [0.25, 0.3) is 0 Å². The van der Waals surface area contributed by atoms with Crippen LogP contribution >= 0.6 is 11.6 Å². The summed E-state index contributed by atoms with van der Waals surface area (Å²) in [6.07, 6.45) is 2.77. The minimum Gasteiger partial charge on any atom is -0.495 e. The molecule has 2 aromatic rings. The van der Waals surface area contributed by atoms with Gasteiger partial charge in [-0.1, -0.05) is 43.1 Å². The van der Waals surface area contributed by atoms with Gasteiger partial charge in [-0.2, -0.15) is 0 Å². The van der Waals surface area contributed by atoms with E-state index in [4.69, 9.17) is 16.3 Å². The molecular formula is C25H34ClN3O5S. The lowest BCUT2D eigenvalue weighted by Crippen LogP contribution is -2.51. The summed E-state index contributed by atoms with van der Waals surface area (Å²) < 4.78 is 31.9. The van der Waals surface area contributed by atoms with Crippen LogP contribution < -0.4 is 14.4 Å². The Morgan fingerprint density at radius 1 is 1.17 bits per heavy atom. The van der Waals surface area contributed by atoms with Crippen molar-refractivity contribution in [2.24, 2.45) is 0 Å². The first-order valence-corrected chi connectivity index (χ1v) is 13.6. The Kier molecular flexibility index (Phi) is 10.4. The van der Waals surface area contributed by atoms with Crippen molar-refractivity contribution < 1.29 is 22.7 Å². The number of hydrogen-bond donors (Lipinski definition) is 1. The summed E-state index contributed by atoms with van der Waals surface area (Å²) in [6, 6.07) is 11.2. The number of carbonyl (C=O) groups excluding carboxylic acids is 2. The van der Waals surface area contributed by atoms with E-state index in [2.05, 4.69) is 5.32 Å². The molecule has 10 heteroatoms. The van der Waals surface area contributed by atoms with Gasteiger partial charge in [-0.25, -0.2) is 8.42 Å². The number of amides is 2. The second-order valence-electron chi connectivity index (χ2n) is 8.42. The molecule has 0 saturated carbocycles. The molecule has 0 aliphatic rings. The molecule has 0 aliphatic carbocycles. The molecule has 8 nitrogen and oxygen atoms in total. The number of benzene rings is 2. The van der Waals surface area contributed by atoms with E-state index in [9.17, 15) is 18.0 Å². The lowest BCUT2D eigenvalue weighted by atomic mass is 10.1. The van der Waals surface area contributed by atoms with Gasteiger partial charge in [-0.15, -0.1) is 0 Å². The molecule has 2 rings (SSSR count). The molecule has 0 spiro atoms. The monoisotopic (exact) mass is 523 g/mol. The van der Waals surface area contributed by atoms with Crippen LogP contribution in [0.5, 0.6) is 5.75 Å². The predicted octanol–water partition coefficient (Wildman–Crippen LogP) is 3.76. The average Bonchev–Trinajstić information content (AvgIpc) is 2.79. The number of nitrogens with zero attached hydrogens (tertiary/aromatic N) is 2. The van der Waals surface area contributed by atoms with Gasteiger partial charge in [0.15, 0.2) is 0 Å². The van der Waals surface area contributed by atoms with E-state index in [1.807, 2.05) is 13.8 Å². The minimum atomic E-state index is -3.85. The topological polar surface area (TPSA) is 96.0 Å². The van der Waals surface area contributed by atoms with Crippen LogP contribution in [-0.4, -0.2) is 57.6 Å². The smallest absolute Gasteiger partial charge is 0.244 e. The number of rotatable bonds is 12. The second kappa shape index (κ2) is 12.8. The molecule has 1 atom stereocenters. The van der Waals surface area contributed by atoms with Crippen molar-refractivity contribution in [2.75, 3.05) is 30.8 Å². The molecule has 0 bridgehead atoms. The van der Waals surface area contributed by atoms with Crippen LogP contribution in [0.3, 0.4) is 0 Å². The highest BCUT2D eigenvalue weighted by Crippen LogP contribution is 2.31. The van der Waals surface area contributed by atoms with Crippen LogP contribution in [0.4, 0.5) is 5.69 Å². The Morgan fingerprint density at radius 3 is 2.49 bits per heavy atom. The Morgan fingerprint density at radius 2 is 1.89 bits per heavy atom. The number of unbranched alkanes of at least 4 members (excludes halogenated alkanes) is 1. The van der Waals surface area contributed by atoms with Crippen molar-refractivity contribution in [1.29, 1.82) is 0 Å². The highest BCUT2D eigenvalue weighted by atomic mass is 35.5. The normalized spacial score (nSPS) is 12.1. The maximum absolute atomic E-state index is 13.6. The van der Waals surface area contributed by atoms with Crippen molar-refractivity contribution in [3.8, 4) is 5.75 Å². The first-order chi connectivity index (χ1) is 16.5. The third-order valence-electron chi connectivity index (χ3n) is 5.52. The summed E-state index contributed by atoms with van der Waals surface area (Å²) in [7, 11) is -2.42. The molecule has 192 valence electrons. The van der Waals surface area contributed by atoms with Crippen molar-refractivity contribution >= 4 is 39.1 Å². The fourth-order valence-corrected chi connectivity index (χ4v) is 4.60. The van der Waals surface area contributed by atoms with E-state index < -0.39 is 28.5 Å². The average molecular weight is 524 g/mol. The highest BCUT2D eigenvalue weighted by molar-refractivity contribution is 7.92. The van der Waals surface area contributed by atoms with Gasteiger partial charge in [-0.05, 0) is 55.7 Å². The fraction of sp³-hybridized carbons (Fsp3) is 0.440. The number of carbonyl (C=O) groups is 2. The van der Waals surface area contributed by atoms with E-state index in [1.54, 1.807) is 49.4 Å². The summed E-state index contributed by atoms with van der Waals surface area (Å²) in [4.78, 5) is 27.8. The van der Waals surface area contributed by atoms with Crippen molar-refractivity contribution in [1.82, 2.24) is 10.2 Å². The van der Waals surface area contributed by atoms with Crippen molar-refractivity contribution in [3.63, 3.8) is 0 Å². The molecule has 0 fully saturated rings. The van der Waals surface area contributed by atoms with Crippen LogP contribution in [-0.2, 0) is 26.2 Å². The Balaban J connectivity index is 2.42. The third kappa shape index (κ3) is 8.14. The fourth-order valence-electron chi connectivity index (χ4n) is 3.54. The second-order valence-corrected chi connectivity index (χ2v) is 10.8. The van der Waals surface area contributed by atoms with Gasteiger partial charge in [-0.3, -0.25) is 13.9 Å². The lowest BCUT2D eigenvalue weighted by Gasteiger charge is -2.32. The standard InChI is InChI=1S/C25H34ClN3O5S/c1-6-7-13-27-25(31)19(3)28(16-20-9-8-10-21(26)15-20)24(30)17-29(35(5,32)33)22-14-18(2)11-12-23(22)34-4/h8-12,14-15,19H,6-7,13,16-17H2,1-5H3,(H,27,31)/t19-/m0/s1. The maximum Gasteiger partial charge on any atom is 0.244 e. The van der Waals surface area contributed by atoms with Gasteiger partial charge in [0.05, 0.1) is 19.1 Å². The molecule has 0 saturated heterocycles. The minimum absolute atomic E-state index is 0.0876. The van der Waals surface area contributed by atoms with E-state index in [-0.39, 0.29) is 18.1 Å². The van der Waals surface area contributed by atoms with Gasteiger partial charge in [0.1, 0.15) is 18.3 Å². The molecule has 0 aromatic heterocycles. The molecule has 2 aromatic carbocycles. The predicted molar refractivity (Wildman–Crippen MR) is 139 cm³/mol. The quantitative estimate of drug-likeness (QED) is 0.427. The Bertz CT molecular complexity index is 1140. The number of sulfonamides is 1. The van der Waals surface area contributed by atoms with E-state index in [0.717, 1.165) is 34.5 Å². The van der Waals surface area contributed by atoms with Crippen LogP contribution in [0.2, 0.25) is 5.02 Å². The summed E-state index contributed by atoms with van der Waals surface area (Å²) >= 11 is 6.12. The Hall–Kier alpha value is -2.78. The number of hydrogen-bond acceptors (Lipinski definition) is 5. The van der Waals surface area contributed by atoms with E-state index in [1.165, 1.54) is 12.0 Å². The van der Waals surface area contributed by atoms with Gasteiger partial charge >= 0.3 is 0 Å². The van der Waals surface area contributed by atoms with Crippen molar-refractivity contribution in [2.45, 2.75) is 46.2 Å². The number of aryl methyl sites for hydroxylation is 1. The van der Waals surface area contributed by atoms with Gasteiger partial charge in [0.2, 0.25) is 21.8 Å². The van der Waals surface area contributed by atoms with Gasteiger partial charge < -0.3 is 15.0 Å². The van der Waals surface area contributed by atoms with Crippen LogP contribution in [0, 0.1) is 6.92 Å². The van der Waals surface area contributed by atoms with Crippen molar-refractivity contribution in [3.05, 3.63) is 58.6 Å². The summed E-state index contributed by atoms with van der Waals surface area (Å²) in [5.74, 6) is -0.523. The van der Waals surface area contributed by atoms with E-state index >= 15 is 0 Å². The zero-order chi connectivity index (χ0) is 26.2. The molecular weight excluding hydrogens is 490 g/mol. The molecule has 35 heavy (non-hydrogen) atoms.